The molecule has 0 fully saturated rings. The molecular weight excluding hydrogens is 301 g/mol. The number of Topliss-reactive ketones (excluding diaryl/α,β-unsaturated/α-hetero) is 1. The van der Waals surface area contributed by atoms with Crippen LogP contribution in [0.5, 0.6) is 0 Å². The zero-order valence-corrected chi connectivity index (χ0v) is 13.5. The number of rotatable bonds is 7. The predicted molar refractivity (Wildman–Crippen MR) is 95.6 cm³/mol. The number of halogens is 1. The summed E-state index contributed by atoms with van der Waals surface area (Å²) in [6.07, 6.45) is 0.994. The van der Waals surface area contributed by atoms with Gasteiger partial charge in [0.2, 0.25) is 0 Å². The van der Waals surface area contributed by atoms with Gasteiger partial charge in [-0.2, -0.15) is 0 Å². The van der Waals surface area contributed by atoms with Crippen LogP contribution in [0.4, 0.5) is 4.39 Å². The third-order valence-electron chi connectivity index (χ3n) is 4.07. The maximum atomic E-state index is 13.5. The highest BCUT2D eigenvalue weighted by Crippen LogP contribution is 2.16. The van der Waals surface area contributed by atoms with Crippen molar-refractivity contribution in [1.82, 2.24) is 5.32 Å². The molecule has 0 saturated carbocycles. The fraction of sp³-hybridized carbons (Fsp3) is 0.190. The smallest absolute Gasteiger partial charge is 0.150 e. The number of fused-ring (bicyclic) bond motifs is 1. The van der Waals surface area contributed by atoms with Gasteiger partial charge < -0.3 is 5.32 Å². The first-order valence-electron chi connectivity index (χ1n) is 8.16. The van der Waals surface area contributed by atoms with E-state index in [1.807, 2.05) is 30.3 Å². The van der Waals surface area contributed by atoms with Gasteiger partial charge in [0.25, 0.3) is 0 Å². The Morgan fingerprint density at radius 2 is 1.67 bits per heavy atom. The average Bonchev–Trinajstić information content (AvgIpc) is 2.60. The van der Waals surface area contributed by atoms with Crippen LogP contribution >= 0.6 is 0 Å². The highest BCUT2D eigenvalue weighted by molar-refractivity contribution is 5.86. The number of carbonyl (C=O) groups excluding carboxylic acids is 1. The first-order valence-corrected chi connectivity index (χ1v) is 8.16. The van der Waals surface area contributed by atoms with E-state index in [9.17, 15) is 9.18 Å². The Labute approximate surface area is 141 Å². The van der Waals surface area contributed by atoms with E-state index in [-0.39, 0.29) is 11.6 Å². The minimum atomic E-state index is -0.193. The Kier molecular flexibility index (Phi) is 5.34. The summed E-state index contributed by atoms with van der Waals surface area (Å²) >= 11 is 0. The number of ketones is 1. The molecule has 0 saturated heterocycles. The van der Waals surface area contributed by atoms with E-state index in [1.54, 1.807) is 12.1 Å². The summed E-state index contributed by atoms with van der Waals surface area (Å²) in [5.41, 5.74) is 1.70. The predicted octanol–water partition coefficient (Wildman–Crippen LogP) is 3.92. The topological polar surface area (TPSA) is 29.1 Å². The van der Waals surface area contributed by atoms with Crippen LogP contribution in [-0.4, -0.2) is 18.9 Å². The van der Waals surface area contributed by atoms with Crippen molar-refractivity contribution in [3.05, 3.63) is 83.7 Å². The summed E-state index contributed by atoms with van der Waals surface area (Å²) in [5.74, 6) is -0.0550. The molecule has 0 unspecified atom stereocenters. The van der Waals surface area contributed by atoms with Gasteiger partial charge in [-0.15, -0.1) is 0 Å². The zero-order valence-electron chi connectivity index (χ0n) is 13.5. The van der Waals surface area contributed by atoms with Crippen LogP contribution in [0.3, 0.4) is 0 Å². The molecule has 0 aliphatic rings. The number of hydrogen-bond acceptors (Lipinski definition) is 2. The van der Waals surface area contributed by atoms with Gasteiger partial charge in [-0.3, -0.25) is 4.79 Å². The lowest BCUT2D eigenvalue weighted by atomic mass is 10.0. The van der Waals surface area contributed by atoms with Gasteiger partial charge in [-0.1, -0.05) is 60.7 Å². The van der Waals surface area contributed by atoms with Crippen LogP contribution in [0.25, 0.3) is 10.8 Å². The Morgan fingerprint density at radius 3 is 2.50 bits per heavy atom. The van der Waals surface area contributed by atoms with Crippen molar-refractivity contribution in [3.8, 4) is 0 Å². The maximum absolute atomic E-state index is 13.5. The second-order valence-corrected chi connectivity index (χ2v) is 5.92. The van der Waals surface area contributed by atoms with Gasteiger partial charge in [0.1, 0.15) is 5.82 Å². The molecular formula is C21H20FNO. The highest BCUT2D eigenvalue weighted by Gasteiger charge is 2.05. The van der Waals surface area contributed by atoms with E-state index >= 15 is 0 Å². The molecule has 24 heavy (non-hydrogen) atoms. The third kappa shape index (κ3) is 4.27. The number of hydrogen-bond donors (Lipinski definition) is 1. The fourth-order valence-corrected chi connectivity index (χ4v) is 2.79. The minimum Gasteiger partial charge on any atom is -0.310 e. The molecule has 0 aromatic heterocycles. The van der Waals surface area contributed by atoms with Gasteiger partial charge in [0, 0.05) is 6.42 Å². The van der Waals surface area contributed by atoms with Crippen LogP contribution in [-0.2, 0) is 17.6 Å². The summed E-state index contributed by atoms with van der Waals surface area (Å²) in [4.78, 5) is 12.1. The maximum Gasteiger partial charge on any atom is 0.150 e. The summed E-state index contributed by atoms with van der Waals surface area (Å²) in [6, 6.07) is 21.0. The summed E-state index contributed by atoms with van der Waals surface area (Å²) < 4.78 is 13.5. The molecule has 0 atom stereocenters. The molecule has 3 aromatic rings. The summed E-state index contributed by atoms with van der Waals surface area (Å²) in [7, 11) is 0. The minimum absolute atomic E-state index is 0.138. The Balaban J connectivity index is 1.47. The molecule has 3 rings (SSSR count). The molecule has 0 bridgehead atoms. The summed E-state index contributed by atoms with van der Waals surface area (Å²) in [6.45, 7) is 0.895. The van der Waals surface area contributed by atoms with Crippen LogP contribution < -0.4 is 5.32 Å². The lowest BCUT2D eigenvalue weighted by molar-refractivity contribution is -0.117. The van der Waals surface area contributed by atoms with E-state index in [0.717, 1.165) is 10.9 Å². The molecule has 0 aliphatic carbocycles. The molecule has 2 nitrogen and oxygen atoms in total. The molecule has 122 valence electrons. The van der Waals surface area contributed by atoms with Crippen LogP contribution in [0.1, 0.15) is 11.1 Å². The SMILES string of the molecule is O=C(CNCCc1ccccc1F)Cc1ccc2ccccc2c1. The molecule has 1 N–H and O–H groups in total. The van der Waals surface area contributed by atoms with Gasteiger partial charge in [-0.25, -0.2) is 4.39 Å². The van der Waals surface area contributed by atoms with E-state index in [2.05, 4.69) is 23.5 Å². The van der Waals surface area contributed by atoms with E-state index in [0.29, 0.717) is 31.5 Å². The van der Waals surface area contributed by atoms with E-state index < -0.39 is 0 Å². The number of carbonyl (C=O) groups is 1. The Morgan fingerprint density at radius 1 is 0.917 bits per heavy atom. The normalized spacial score (nSPS) is 10.9. The Hall–Kier alpha value is -2.52. The fourth-order valence-electron chi connectivity index (χ4n) is 2.79. The molecule has 0 amide bonds. The van der Waals surface area contributed by atoms with Crippen LogP contribution in [0.2, 0.25) is 0 Å². The zero-order chi connectivity index (χ0) is 16.8. The van der Waals surface area contributed by atoms with Crippen molar-refractivity contribution in [1.29, 1.82) is 0 Å². The number of benzene rings is 3. The monoisotopic (exact) mass is 321 g/mol. The van der Waals surface area contributed by atoms with Gasteiger partial charge in [-0.05, 0) is 40.9 Å². The first kappa shape index (κ1) is 16.3. The Bertz CT molecular complexity index is 844. The molecule has 0 spiro atoms. The average molecular weight is 321 g/mol. The van der Waals surface area contributed by atoms with Crippen molar-refractivity contribution in [3.63, 3.8) is 0 Å². The second-order valence-electron chi connectivity index (χ2n) is 5.92. The quantitative estimate of drug-likeness (QED) is 0.668. The lowest BCUT2D eigenvalue weighted by Crippen LogP contribution is -2.26. The van der Waals surface area contributed by atoms with Crippen molar-refractivity contribution in [2.24, 2.45) is 0 Å². The van der Waals surface area contributed by atoms with Gasteiger partial charge in [0.05, 0.1) is 6.54 Å². The van der Waals surface area contributed by atoms with Crippen molar-refractivity contribution < 1.29 is 9.18 Å². The second kappa shape index (κ2) is 7.84. The van der Waals surface area contributed by atoms with Crippen molar-refractivity contribution >= 4 is 16.6 Å². The van der Waals surface area contributed by atoms with E-state index in [1.165, 1.54) is 11.5 Å². The standard InChI is InChI=1S/C21H20FNO/c22-21-8-4-3-6-18(21)11-12-23-15-20(24)14-16-9-10-17-5-1-2-7-19(17)13-16/h1-10,13,23H,11-12,14-15H2. The number of nitrogens with one attached hydrogen (secondary N) is 1. The van der Waals surface area contributed by atoms with Gasteiger partial charge >= 0.3 is 0 Å². The highest BCUT2D eigenvalue weighted by atomic mass is 19.1. The molecule has 0 radical (unpaired) electrons. The molecule has 3 aromatic carbocycles. The molecule has 0 aliphatic heterocycles. The summed E-state index contributed by atoms with van der Waals surface area (Å²) in [5, 5.41) is 5.43. The first-order chi connectivity index (χ1) is 11.7. The molecule has 3 heteroatoms. The largest absolute Gasteiger partial charge is 0.310 e. The molecule has 0 heterocycles. The lowest BCUT2D eigenvalue weighted by Gasteiger charge is -2.06. The third-order valence-corrected chi connectivity index (χ3v) is 4.07. The van der Waals surface area contributed by atoms with Crippen molar-refractivity contribution in [2.45, 2.75) is 12.8 Å². The van der Waals surface area contributed by atoms with Crippen LogP contribution in [0, 0.1) is 5.82 Å². The van der Waals surface area contributed by atoms with Crippen LogP contribution in [0.15, 0.2) is 66.7 Å². The van der Waals surface area contributed by atoms with Gasteiger partial charge in [0.15, 0.2) is 5.78 Å². The van der Waals surface area contributed by atoms with Crippen molar-refractivity contribution in [2.75, 3.05) is 13.1 Å². The van der Waals surface area contributed by atoms with E-state index in [4.69, 9.17) is 0 Å².